The van der Waals surface area contributed by atoms with Crippen molar-refractivity contribution in [1.29, 1.82) is 0 Å². The molecule has 0 amide bonds. The first-order valence-corrected chi connectivity index (χ1v) is 25.4. The molecule has 2 aromatic carbocycles. The second-order valence-electron chi connectivity index (χ2n) is 11.0. The van der Waals surface area contributed by atoms with Gasteiger partial charge < -0.3 is 0 Å². The molecule has 0 aliphatic heterocycles. The van der Waals surface area contributed by atoms with Crippen LogP contribution in [0.4, 0.5) is 0 Å². The molecule has 2 unspecified atom stereocenters. The van der Waals surface area contributed by atoms with E-state index in [0.29, 0.717) is 9.54 Å². The number of benzene rings is 2. The Hall–Kier alpha value is -1.24. The zero-order valence-corrected chi connectivity index (χ0v) is 24.3. The van der Waals surface area contributed by atoms with Crippen LogP contribution in [0.3, 0.4) is 0 Å². The fourth-order valence-electron chi connectivity index (χ4n) is 6.38. The van der Waals surface area contributed by atoms with Crippen LogP contribution in [0, 0.1) is 5.92 Å². The van der Waals surface area contributed by atoms with Gasteiger partial charge in [-0.2, -0.15) is 0 Å². The number of hydrogen-bond donors (Lipinski definition) is 0. The summed E-state index contributed by atoms with van der Waals surface area (Å²) >= 11 is -3.32. The van der Waals surface area contributed by atoms with Crippen molar-refractivity contribution in [3.05, 3.63) is 96.9 Å². The number of fused-ring (bicyclic) bond motifs is 1. The van der Waals surface area contributed by atoms with Crippen molar-refractivity contribution in [3.8, 4) is 0 Å². The number of aryl methyl sites for hydroxylation is 1. The van der Waals surface area contributed by atoms with E-state index >= 15 is 0 Å². The molecular formula is C29H38SiZr. The Bertz CT molecular complexity index is 1200. The van der Waals surface area contributed by atoms with E-state index in [0.717, 1.165) is 6.42 Å². The van der Waals surface area contributed by atoms with Crippen molar-refractivity contribution in [2.24, 2.45) is 5.92 Å². The predicted octanol–water partition coefficient (Wildman–Crippen LogP) is 7.72. The van der Waals surface area contributed by atoms with Crippen LogP contribution < -0.4 is 0 Å². The molecule has 0 saturated heterocycles. The van der Waals surface area contributed by atoms with Crippen molar-refractivity contribution >= 4 is 12.5 Å². The van der Waals surface area contributed by atoms with E-state index in [-0.39, 0.29) is 0 Å². The summed E-state index contributed by atoms with van der Waals surface area (Å²) in [7, 11) is 0. The monoisotopic (exact) mass is 504 g/mol. The first-order valence-electron chi connectivity index (χ1n) is 11.9. The molecule has 0 N–H and O–H groups in total. The average molecular weight is 506 g/mol. The summed E-state index contributed by atoms with van der Waals surface area (Å²) in [5.74, 6) is 0.594. The molecule has 0 bridgehead atoms. The van der Waals surface area contributed by atoms with Crippen molar-refractivity contribution in [1.82, 2.24) is 0 Å². The van der Waals surface area contributed by atoms with Crippen molar-refractivity contribution in [2.75, 3.05) is 0 Å². The summed E-state index contributed by atoms with van der Waals surface area (Å²) in [6.07, 6.45) is 5.02. The van der Waals surface area contributed by atoms with Crippen LogP contribution in [0.25, 0.3) is 5.57 Å². The van der Waals surface area contributed by atoms with E-state index < -0.39 is 17.4 Å². The van der Waals surface area contributed by atoms with Gasteiger partial charge in [-0.15, -0.1) is 0 Å². The summed E-state index contributed by atoms with van der Waals surface area (Å²) < 4.78 is 7.79. The first-order chi connectivity index (χ1) is 14.5. The van der Waals surface area contributed by atoms with Crippen molar-refractivity contribution in [3.63, 3.8) is 0 Å². The minimum atomic E-state index is -3.32. The van der Waals surface area contributed by atoms with E-state index in [1.165, 1.54) is 28.7 Å². The van der Waals surface area contributed by atoms with Crippen LogP contribution in [0.5, 0.6) is 0 Å². The topological polar surface area (TPSA) is 0 Å². The van der Waals surface area contributed by atoms with E-state index in [9.17, 15) is 0 Å². The Kier molecular flexibility index (Phi) is 5.89. The van der Waals surface area contributed by atoms with E-state index in [4.69, 9.17) is 0 Å². The van der Waals surface area contributed by atoms with Crippen LogP contribution >= 0.6 is 0 Å². The molecule has 0 radical (unpaired) electrons. The molecule has 2 heteroatoms. The van der Waals surface area contributed by atoms with E-state index in [1.807, 2.05) is 3.28 Å². The van der Waals surface area contributed by atoms with Crippen LogP contribution in [0.1, 0.15) is 66.9 Å². The normalized spacial score (nSPS) is 21.6. The first kappa shape index (κ1) is 22.9. The standard InChI is InChI=1S/C18H17.C9H13.2CH3.H2Si.Zr/c1-2-5-14-8-10-16(11-9-14)18-13-12-15-6-3-4-7-17(15)18;1-6-5-7(2)9(4)8(6)3;;;;/h3-4,6-13H,2,5H2,1H3;6H,1-4H3;2*1H3;1H2;. The SMILES string of the molecule is CCCc1ccc(C2=C[CH]([Zr]([CH3])([CH3])(=[SiH2])[C]3=C(C)C(C)=C(C)C3C)c3ccccc32)cc1. The molecule has 0 saturated carbocycles. The summed E-state index contributed by atoms with van der Waals surface area (Å²) in [5, 5.41) is 0. The zero-order valence-electron chi connectivity index (χ0n) is 20.5. The summed E-state index contributed by atoms with van der Waals surface area (Å²) in [6.45, 7) is 14.2. The Balaban J connectivity index is 1.86. The maximum absolute atomic E-state index is 3.32. The summed E-state index contributed by atoms with van der Waals surface area (Å²) in [4.78, 5) is 0. The molecule has 0 aromatic heterocycles. The quantitative estimate of drug-likeness (QED) is 0.365. The van der Waals surface area contributed by atoms with E-state index in [1.54, 1.807) is 22.3 Å². The van der Waals surface area contributed by atoms with Gasteiger partial charge in [-0.3, -0.25) is 0 Å². The molecule has 2 aromatic rings. The third-order valence-corrected chi connectivity index (χ3v) is 25.5. The molecule has 2 atom stereocenters. The molecule has 2 aliphatic carbocycles. The Morgan fingerprint density at radius 1 is 0.903 bits per heavy atom. The Morgan fingerprint density at radius 2 is 1.55 bits per heavy atom. The predicted molar refractivity (Wildman–Crippen MR) is 137 cm³/mol. The number of hydrogen-bond acceptors (Lipinski definition) is 0. The van der Waals surface area contributed by atoms with Crippen molar-refractivity contribution in [2.45, 2.75) is 60.3 Å². The minimum absolute atomic E-state index is 0.562. The maximum atomic E-state index is 2.70. The average Bonchev–Trinajstić information content (AvgIpc) is 3.22. The molecule has 31 heavy (non-hydrogen) atoms. The second-order valence-corrected chi connectivity index (χ2v) is 40.5. The van der Waals surface area contributed by atoms with Crippen LogP contribution in [0.2, 0.25) is 9.26 Å². The third-order valence-electron chi connectivity index (χ3n) is 8.25. The summed E-state index contributed by atoms with van der Waals surface area (Å²) in [5.41, 5.74) is 12.0. The number of rotatable bonds is 5. The molecule has 0 fully saturated rings. The van der Waals surface area contributed by atoms with Crippen molar-refractivity contribution < 1.29 is 17.4 Å². The van der Waals surface area contributed by atoms with Gasteiger partial charge in [-0.25, -0.2) is 0 Å². The van der Waals surface area contributed by atoms with E-state index in [2.05, 4.69) is 105 Å². The van der Waals surface area contributed by atoms with Crippen LogP contribution in [0.15, 0.2) is 74.6 Å². The van der Waals surface area contributed by atoms with Crippen LogP contribution in [-0.4, -0.2) is 6.88 Å². The molecule has 162 valence electrons. The van der Waals surface area contributed by atoms with Gasteiger partial charge in [0.15, 0.2) is 0 Å². The fourth-order valence-corrected chi connectivity index (χ4v) is 24.9. The van der Waals surface area contributed by atoms with Gasteiger partial charge in [0.1, 0.15) is 0 Å². The third kappa shape index (κ3) is 3.68. The van der Waals surface area contributed by atoms with Gasteiger partial charge in [0.05, 0.1) is 0 Å². The Morgan fingerprint density at radius 3 is 2.13 bits per heavy atom. The summed E-state index contributed by atoms with van der Waals surface area (Å²) in [6, 6.07) is 18.6. The zero-order chi connectivity index (χ0) is 22.6. The molecular weight excluding hydrogens is 468 g/mol. The van der Waals surface area contributed by atoms with Gasteiger partial charge in [-0.1, -0.05) is 0 Å². The van der Waals surface area contributed by atoms with Gasteiger partial charge in [0.2, 0.25) is 0 Å². The van der Waals surface area contributed by atoms with Gasteiger partial charge in [0, 0.05) is 0 Å². The van der Waals surface area contributed by atoms with Gasteiger partial charge >= 0.3 is 193 Å². The molecule has 0 nitrogen and oxygen atoms in total. The van der Waals surface area contributed by atoms with Gasteiger partial charge in [0.25, 0.3) is 0 Å². The molecule has 2 aliphatic rings. The fraction of sp³-hybridized carbons (Fsp3) is 0.379. The van der Waals surface area contributed by atoms with Crippen LogP contribution in [-0.2, 0) is 23.8 Å². The molecule has 4 rings (SSSR count). The number of allylic oxidation sites excluding steroid dienone is 5. The molecule has 0 spiro atoms. The second kappa shape index (κ2) is 7.96. The molecule has 0 heterocycles. The van der Waals surface area contributed by atoms with Gasteiger partial charge in [-0.05, 0) is 0 Å². The Labute approximate surface area is 192 Å².